The fraction of sp³-hybridized carbons (Fsp3) is 0.211. The van der Waals surface area contributed by atoms with Crippen LogP contribution in [0, 0.1) is 11.3 Å². The van der Waals surface area contributed by atoms with E-state index in [2.05, 4.69) is 10.3 Å². The molecule has 0 aliphatic carbocycles. The fourth-order valence-corrected chi connectivity index (χ4v) is 3.18. The van der Waals surface area contributed by atoms with Crippen molar-refractivity contribution in [2.45, 2.75) is 20.0 Å². The average Bonchev–Trinajstić information content (AvgIpc) is 3.04. The van der Waals surface area contributed by atoms with Crippen LogP contribution in [0.3, 0.4) is 0 Å². The number of nitrogens with one attached hydrogen (secondary N) is 1. The maximum atomic E-state index is 12.3. The topological polar surface area (TPSA) is 84.2 Å². The van der Waals surface area contributed by atoms with Gasteiger partial charge in [-0.3, -0.25) is 10.1 Å². The minimum atomic E-state index is -0.700. The van der Waals surface area contributed by atoms with Crippen LogP contribution in [0.15, 0.2) is 42.5 Å². The van der Waals surface area contributed by atoms with Crippen LogP contribution < -0.4 is 14.8 Å². The van der Waals surface area contributed by atoms with E-state index in [1.165, 1.54) is 11.3 Å². The fourth-order valence-electron chi connectivity index (χ4n) is 2.29. The van der Waals surface area contributed by atoms with Gasteiger partial charge in [0.15, 0.2) is 11.2 Å². The molecule has 2 aromatic carbocycles. The lowest BCUT2D eigenvalue weighted by atomic mass is 10.2. The molecule has 3 rings (SSSR count). The molecule has 1 aromatic heterocycles. The lowest BCUT2D eigenvalue weighted by molar-refractivity contribution is -0.122. The van der Waals surface area contributed by atoms with Crippen molar-refractivity contribution in [1.29, 1.82) is 5.26 Å². The van der Waals surface area contributed by atoms with Crippen LogP contribution in [0.2, 0.25) is 0 Å². The minimum absolute atomic E-state index is 0.293. The van der Waals surface area contributed by atoms with E-state index >= 15 is 0 Å². The Labute approximate surface area is 155 Å². The third kappa shape index (κ3) is 4.10. The van der Waals surface area contributed by atoms with Gasteiger partial charge in [0.25, 0.3) is 5.91 Å². The Hall–Kier alpha value is -3.11. The quantitative estimate of drug-likeness (QED) is 0.712. The number of ether oxygens (including phenoxy) is 2. The summed E-state index contributed by atoms with van der Waals surface area (Å²) in [5, 5.41) is 12.1. The molecular formula is C19H17N3O3S. The molecule has 0 fully saturated rings. The summed E-state index contributed by atoms with van der Waals surface area (Å²) in [5.74, 6) is 1.01. The second kappa shape index (κ2) is 7.85. The Bertz CT molecular complexity index is 960. The van der Waals surface area contributed by atoms with Crippen LogP contribution in [0.4, 0.5) is 5.13 Å². The molecule has 7 heteroatoms. The van der Waals surface area contributed by atoms with Crippen LogP contribution in [0.5, 0.6) is 11.5 Å². The Morgan fingerprint density at radius 3 is 2.69 bits per heavy atom. The summed E-state index contributed by atoms with van der Waals surface area (Å²) >= 11 is 1.38. The number of rotatable bonds is 6. The smallest absolute Gasteiger partial charge is 0.266 e. The normalized spacial score (nSPS) is 11.6. The third-order valence-electron chi connectivity index (χ3n) is 3.57. The van der Waals surface area contributed by atoms with Gasteiger partial charge in [-0.1, -0.05) is 11.3 Å². The number of aromatic nitrogens is 1. The second-order valence-electron chi connectivity index (χ2n) is 5.47. The molecule has 0 spiro atoms. The summed E-state index contributed by atoms with van der Waals surface area (Å²) in [6, 6.07) is 14.3. The molecule has 1 unspecified atom stereocenters. The van der Waals surface area contributed by atoms with Gasteiger partial charge >= 0.3 is 0 Å². The molecule has 1 atom stereocenters. The molecule has 1 amide bonds. The highest BCUT2D eigenvalue weighted by Gasteiger charge is 2.17. The highest BCUT2D eigenvalue weighted by Crippen LogP contribution is 2.29. The summed E-state index contributed by atoms with van der Waals surface area (Å²) < 4.78 is 12.0. The zero-order valence-electron chi connectivity index (χ0n) is 14.4. The number of thiazole rings is 1. The van der Waals surface area contributed by atoms with Gasteiger partial charge < -0.3 is 9.47 Å². The highest BCUT2D eigenvalue weighted by atomic mass is 32.1. The number of nitriles is 1. The number of carbonyl (C=O) groups excluding carboxylic acids is 1. The van der Waals surface area contributed by atoms with Gasteiger partial charge in [0, 0.05) is 0 Å². The van der Waals surface area contributed by atoms with Crippen molar-refractivity contribution in [3.05, 3.63) is 48.0 Å². The summed E-state index contributed by atoms with van der Waals surface area (Å²) in [5.41, 5.74) is 1.34. The summed E-state index contributed by atoms with van der Waals surface area (Å²) in [4.78, 5) is 16.7. The number of anilines is 1. The number of carbonyl (C=O) groups is 1. The zero-order valence-corrected chi connectivity index (χ0v) is 15.2. The maximum absolute atomic E-state index is 12.3. The van der Waals surface area contributed by atoms with E-state index in [4.69, 9.17) is 14.7 Å². The molecule has 0 aliphatic heterocycles. The van der Waals surface area contributed by atoms with Crippen LogP contribution in [0.1, 0.15) is 19.4 Å². The molecule has 26 heavy (non-hydrogen) atoms. The molecular weight excluding hydrogens is 350 g/mol. The van der Waals surface area contributed by atoms with Crippen LogP contribution >= 0.6 is 11.3 Å². The van der Waals surface area contributed by atoms with Gasteiger partial charge in [0.05, 0.1) is 28.5 Å². The maximum Gasteiger partial charge on any atom is 0.266 e. The second-order valence-corrected chi connectivity index (χ2v) is 6.50. The number of fused-ring (bicyclic) bond motifs is 1. The van der Waals surface area contributed by atoms with Crippen molar-refractivity contribution in [3.8, 4) is 17.6 Å². The van der Waals surface area contributed by atoms with Crippen molar-refractivity contribution in [2.75, 3.05) is 11.9 Å². The lowest BCUT2D eigenvalue weighted by Crippen LogP contribution is -2.30. The van der Waals surface area contributed by atoms with Crippen molar-refractivity contribution >= 4 is 32.6 Å². The Kier molecular flexibility index (Phi) is 5.34. The molecule has 0 bridgehead atoms. The number of nitrogens with zero attached hydrogens (tertiary/aromatic N) is 2. The van der Waals surface area contributed by atoms with E-state index in [9.17, 15) is 4.79 Å². The Balaban J connectivity index is 1.66. The van der Waals surface area contributed by atoms with Crippen molar-refractivity contribution in [3.63, 3.8) is 0 Å². The van der Waals surface area contributed by atoms with E-state index in [0.717, 1.165) is 16.0 Å². The molecule has 1 heterocycles. The average molecular weight is 367 g/mol. The monoisotopic (exact) mass is 367 g/mol. The first-order chi connectivity index (χ1) is 12.6. The van der Waals surface area contributed by atoms with Gasteiger partial charge in [-0.2, -0.15) is 5.26 Å². The van der Waals surface area contributed by atoms with Crippen molar-refractivity contribution in [1.82, 2.24) is 4.98 Å². The van der Waals surface area contributed by atoms with Gasteiger partial charge in [-0.05, 0) is 56.3 Å². The molecule has 0 aliphatic rings. The summed E-state index contributed by atoms with van der Waals surface area (Å²) in [6.45, 7) is 4.18. The molecule has 3 aromatic rings. The number of benzene rings is 2. The van der Waals surface area contributed by atoms with E-state index in [-0.39, 0.29) is 5.91 Å². The van der Waals surface area contributed by atoms with E-state index in [1.54, 1.807) is 31.2 Å². The van der Waals surface area contributed by atoms with Crippen LogP contribution in [-0.4, -0.2) is 23.6 Å². The van der Waals surface area contributed by atoms with Gasteiger partial charge in [0.2, 0.25) is 0 Å². The van der Waals surface area contributed by atoms with Gasteiger partial charge in [0.1, 0.15) is 11.5 Å². The largest absolute Gasteiger partial charge is 0.494 e. The molecule has 0 saturated carbocycles. The van der Waals surface area contributed by atoms with E-state index < -0.39 is 6.10 Å². The van der Waals surface area contributed by atoms with Gasteiger partial charge in [-0.15, -0.1) is 0 Å². The van der Waals surface area contributed by atoms with E-state index in [0.29, 0.717) is 23.1 Å². The van der Waals surface area contributed by atoms with Crippen LogP contribution in [-0.2, 0) is 4.79 Å². The molecule has 1 N–H and O–H groups in total. The number of amides is 1. The predicted octanol–water partition coefficient (Wildman–Crippen LogP) is 3.97. The zero-order chi connectivity index (χ0) is 18.5. The predicted molar refractivity (Wildman–Crippen MR) is 101 cm³/mol. The standard InChI is InChI=1S/C19H17N3O3S/c1-3-24-15-8-9-16-17(10-15)26-19(21-16)22-18(23)12(2)25-14-6-4-13(11-20)5-7-14/h4-10,12H,3H2,1-2H3,(H,21,22,23). The molecule has 0 radical (unpaired) electrons. The summed E-state index contributed by atoms with van der Waals surface area (Å²) in [6.07, 6.45) is -0.700. The number of hydrogen-bond donors (Lipinski definition) is 1. The van der Waals surface area contributed by atoms with Gasteiger partial charge in [-0.25, -0.2) is 4.98 Å². The molecule has 6 nitrogen and oxygen atoms in total. The molecule has 132 valence electrons. The highest BCUT2D eigenvalue weighted by molar-refractivity contribution is 7.22. The minimum Gasteiger partial charge on any atom is -0.494 e. The third-order valence-corrected chi connectivity index (χ3v) is 4.50. The van der Waals surface area contributed by atoms with Crippen LogP contribution in [0.25, 0.3) is 10.2 Å². The van der Waals surface area contributed by atoms with E-state index in [1.807, 2.05) is 31.2 Å². The lowest BCUT2D eigenvalue weighted by Gasteiger charge is -2.13. The first-order valence-electron chi connectivity index (χ1n) is 8.10. The Morgan fingerprint density at radius 1 is 1.27 bits per heavy atom. The first-order valence-corrected chi connectivity index (χ1v) is 8.91. The Morgan fingerprint density at radius 2 is 2.00 bits per heavy atom. The first kappa shape index (κ1) is 17.7. The SMILES string of the molecule is CCOc1ccc2nc(NC(=O)C(C)Oc3ccc(C#N)cc3)sc2c1. The molecule has 0 saturated heterocycles. The van der Waals surface area contributed by atoms with Crippen molar-refractivity contribution in [2.24, 2.45) is 0 Å². The summed E-state index contributed by atoms with van der Waals surface area (Å²) in [7, 11) is 0. The van der Waals surface area contributed by atoms with Crippen molar-refractivity contribution < 1.29 is 14.3 Å². The number of hydrogen-bond acceptors (Lipinski definition) is 6.